The Morgan fingerprint density at radius 1 is 1.24 bits per heavy atom. The molecule has 0 aromatic carbocycles. The van der Waals surface area contributed by atoms with Crippen LogP contribution in [-0.4, -0.2) is 61.1 Å². The number of aromatic nitrogens is 6. The van der Waals surface area contributed by atoms with Crippen molar-refractivity contribution in [2.45, 2.75) is 19.3 Å². The molecule has 29 heavy (non-hydrogen) atoms. The molecule has 0 saturated carbocycles. The number of pyridine rings is 1. The molecule has 2 N–H and O–H groups in total. The molecular weight excluding hydrogens is 392 g/mol. The molecule has 11 heteroatoms. The Hall–Kier alpha value is -3.34. The number of methoxy groups -OCH3 is 1. The second-order valence-electron chi connectivity index (χ2n) is 6.73. The molecule has 1 fully saturated rings. The predicted octanol–water partition coefficient (Wildman–Crippen LogP) is 2.74. The molecule has 1 saturated heterocycles. The van der Waals surface area contributed by atoms with Crippen LogP contribution in [0.5, 0.6) is 5.88 Å². The van der Waals surface area contributed by atoms with Crippen molar-refractivity contribution in [2.75, 3.05) is 25.5 Å². The second-order valence-corrected chi connectivity index (χ2v) is 7.70. The lowest BCUT2D eigenvalue weighted by Crippen LogP contribution is -2.35. The van der Waals surface area contributed by atoms with Crippen LogP contribution in [0.15, 0.2) is 18.6 Å². The number of piperidine rings is 1. The third-order valence-corrected chi connectivity index (χ3v) is 5.81. The number of fused-ring (bicyclic) bond motifs is 2. The summed E-state index contributed by atoms with van der Waals surface area (Å²) in [5.74, 6) is 0.845. The highest BCUT2D eigenvalue weighted by molar-refractivity contribution is 7.19. The Morgan fingerprint density at radius 2 is 2.10 bits per heavy atom. The summed E-state index contributed by atoms with van der Waals surface area (Å²) in [6.07, 6.45) is 6.37. The average molecular weight is 410 g/mol. The number of likely N-dealkylation sites (tertiary alicyclic amines) is 1. The second kappa shape index (κ2) is 7.24. The van der Waals surface area contributed by atoms with Gasteiger partial charge in [-0.1, -0.05) is 11.3 Å². The van der Waals surface area contributed by atoms with E-state index in [0.29, 0.717) is 38.4 Å². The van der Waals surface area contributed by atoms with E-state index in [1.807, 2.05) is 11.0 Å². The van der Waals surface area contributed by atoms with E-state index in [2.05, 4.69) is 35.5 Å². The molecule has 10 nitrogen and oxygen atoms in total. The smallest absolute Gasteiger partial charge is 0.282 e. The first-order chi connectivity index (χ1) is 14.2. The summed E-state index contributed by atoms with van der Waals surface area (Å²) in [6.45, 7) is 1.55. The van der Waals surface area contributed by atoms with Crippen molar-refractivity contribution in [3.05, 3.63) is 23.6 Å². The van der Waals surface area contributed by atoms with Gasteiger partial charge in [-0.15, -0.1) is 0 Å². The molecule has 5 heterocycles. The minimum atomic E-state index is -0.0438. The van der Waals surface area contributed by atoms with Gasteiger partial charge in [0, 0.05) is 18.5 Å². The predicted molar refractivity (Wildman–Crippen MR) is 109 cm³/mol. The first-order valence-corrected chi connectivity index (χ1v) is 10.1. The number of nitrogens with one attached hydrogen (secondary N) is 2. The first-order valence-electron chi connectivity index (χ1n) is 9.29. The van der Waals surface area contributed by atoms with Crippen molar-refractivity contribution in [3.8, 4) is 5.88 Å². The van der Waals surface area contributed by atoms with Gasteiger partial charge in [0.15, 0.2) is 16.5 Å². The normalized spacial score (nSPS) is 14.4. The minimum Gasteiger partial charge on any atom is -0.479 e. The van der Waals surface area contributed by atoms with E-state index >= 15 is 0 Å². The van der Waals surface area contributed by atoms with Crippen LogP contribution in [0, 0.1) is 0 Å². The van der Waals surface area contributed by atoms with E-state index in [9.17, 15) is 4.79 Å². The summed E-state index contributed by atoms with van der Waals surface area (Å²) in [6, 6.07) is 1.87. The summed E-state index contributed by atoms with van der Waals surface area (Å²) < 4.78 is 5.39. The molecule has 0 bridgehead atoms. The molecule has 148 valence electrons. The molecule has 1 aliphatic rings. The standard InChI is InChI=1S/C18H18N8O2S/c1-28-15-11(7-10-8-21-25-13(10)24-15)22-14-12-16(20-9-19-14)29-17(23-12)18(27)26-5-3-2-4-6-26/h7-9H,2-6H2,1H3,(H,19,20,22)(H,21,24,25). The van der Waals surface area contributed by atoms with Gasteiger partial charge < -0.3 is 15.0 Å². The minimum absolute atomic E-state index is 0.0438. The fourth-order valence-electron chi connectivity index (χ4n) is 3.40. The van der Waals surface area contributed by atoms with Crippen LogP contribution >= 0.6 is 11.3 Å². The van der Waals surface area contributed by atoms with Gasteiger partial charge in [-0.2, -0.15) is 10.1 Å². The number of hydrogen-bond donors (Lipinski definition) is 2. The van der Waals surface area contributed by atoms with Crippen LogP contribution in [0.3, 0.4) is 0 Å². The molecule has 0 unspecified atom stereocenters. The van der Waals surface area contributed by atoms with Gasteiger partial charge in [0.05, 0.1) is 13.3 Å². The number of hydrogen-bond acceptors (Lipinski definition) is 9. The van der Waals surface area contributed by atoms with Gasteiger partial charge >= 0.3 is 0 Å². The maximum atomic E-state index is 12.8. The van der Waals surface area contributed by atoms with Gasteiger partial charge in [-0.3, -0.25) is 9.89 Å². The van der Waals surface area contributed by atoms with Crippen molar-refractivity contribution in [1.82, 2.24) is 35.0 Å². The molecule has 4 aromatic heterocycles. The fraction of sp³-hybridized carbons (Fsp3) is 0.333. The number of ether oxygens (including phenoxy) is 1. The molecular formula is C18H18N8O2S. The maximum absolute atomic E-state index is 12.8. The molecule has 0 spiro atoms. The summed E-state index contributed by atoms with van der Waals surface area (Å²) in [4.78, 5) is 32.9. The van der Waals surface area contributed by atoms with Crippen LogP contribution in [0.25, 0.3) is 21.4 Å². The lowest BCUT2D eigenvalue weighted by molar-refractivity contribution is 0.0724. The number of thiazole rings is 1. The quantitative estimate of drug-likeness (QED) is 0.527. The maximum Gasteiger partial charge on any atom is 0.282 e. The Morgan fingerprint density at radius 3 is 2.93 bits per heavy atom. The van der Waals surface area contributed by atoms with E-state index in [4.69, 9.17) is 4.74 Å². The molecule has 4 aromatic rings. The SMILES string of the molecule is COc1nc2[nH]ncc2cc1Nc1ncnc2sc(C(=O)N3CCCCC3)nc12. The van der Waals surface area contributed by atoms with Gasteiger partial charge in [0.1, 0.15) is 22.4 Å². The Labute approximate surface area is 169 Å². The molecule has 0 atom stereocenters. The zero-order valence-electron chi connectivity index (χ0n) is 15.7. The largest absolute Gasteiger partial charge is 0.479 e. The third-order valence-electron chi connectivity index (χ3n) is 4.86. The summed E-state index contributed by atoms with van der Waals surface area (Å²) in [7, 11) is 1.55. The van der Waals surface area contributed by atoms with Gasteiger partial charge in [0.25, 0.3) is 5.91 Å². The highest BCUT2D eigenvalue weighted by atomic mass is 32.1. The zero-order valence-corrected chi connectivity index (χ0v) is 16.5. The number of nitrogens with zero attached hydrogens (tertiary/aromatic N) is 6. The van der Waals surface area contributed by atoms with Gasteiger partial charge in [0.2, 0.25) is 5.88 Å². The van der Waals surface area contributed by atoms with Crippen LogP contribution in [0.1, 0.15) is 29.1 Å². The summed E-state index contributed by atoms with van der Waals surface area (Å²) >= 11 is 1.28. The van der Waals surface area contributed by atoms with Crippen LogP contribution in [-0.2, 0) is 0 Å². The fourth-order valence-corrected chi connectivity index (χ4v) is 4.28. The van der Waals surface area contributed by atoms with Crippen molar-refractivity contribution >= 4 is 50.1 Å². The lowest BCUT2D eigenvalue weighted by Gasteiger charge is -2.25. The Kier molecular flexibility index (Phi) is 4.43. The van der Waals surface area contributed by atoms with E-state index in [1.165, 1.54) is 24.1 Å². The monoisotopic (exact) mass is 410 g/mol. The van der Waals surface area contributed by atoms with Crippen LogP contribution < -0.4 is 10.1 Å². The van der Waals surface area contributed by atoms with E-state index < -0.39 is 0 Å². The number of anilines is 2. The summed E-state index contributed by atoms with van der Waals surface area (Å²) in [5, 5.41) is 11.3. The topological polar surface area (TPSA) is 122 Å². The highest BCUT2D eigenvalue weighted by Gasteiger charge is 2.23. The number of amides is 1. The molecule has 1 amide bonds. The lowest BCUT2D eigenvalue weighted by atomic mass is 10.1. The van der Waals surface area contributed by atoms with Gasteiger partial charge in [-0.05, 0) is 25.3 Å². The highest BCUT2D eigenvalue weighted by Crippen LogP contribution is 2.32. The zero-order chi connectivity index (χ0) is 19.8. The van der Waals surface area contributed by atoms with E-state index in [-0.39, 0.29) is 5.91 Å². The number of H-pyrrole nitrogens is 1. The molecule has 0 aliphatic carbocycles. The number of carbonyl (C=O) groups is 1. The van der Waals surface area contributed by atoms with E-state index in [1.54, 1.807) is 13.3 Å². The summed E-state index contributed by atoms with van der Waals surface area (Å²) in [5.41, 5.74) is 1.80. The van der Waals surface area contributed by atoms with Crippen LogP contribution in [0.2, 0.25) is 0 Å². The Balaban J connectivity index is 1.51. The average Bonchev–Trinajstić information content (AvgIpc) is 3.40. The van der Waals surface area contributed by atoms with Crippen molar-refractivity contribution in [3.63, 3.8) is 0 Å². The number of carbonyl (C=O) groups excluding carboxylic acids is 1. The van der Waals surface area contributed by atoms with Crippen molar-refractivity contribution < 1.29 is 9.53 Å². The van der Waals surface area contributed by atoms with E-state index in [0.717, 1.165) is 31.3 Å². The van der Waals surface area contributed by atoms with Crippen LogP contribution in [0.4, 0.5) is 11.5 Å². The van der Waals surface area contributed by atoms with Crippen molar-refractivity contribution in [2.24, 2.45) is 0 Å². The molecule has 5 rings (SSSR count). The Bertz CT molecular complexity index is 1200. The number of rotatable bonds is 4. The first kappa shape index (κ1) is 17.7. The molecule has 0 radical (unpaired) electrons. The van der Waals surface area contributed by atoms with Crippen molar-refractivity contribution in [1.29, 1.82) is 0 Å². The number of aromatic amines is 1. The third kappa shape index (κ3) is 3.23. The van der Waals surface area contributed by atoms with Gasteiger partial charge in [-0.25, -0.2) is 15.0 Å². The molecule has 1 aliphatic heterocycles.